The number of nitrogens with zero attached hydrogens (tertiary/aromatic N) is 3. The number of carbonyl (C=O) groups excluding carboxylic acids is 2. The number of anilines is 1. The van der Waals surface area contributed by atoms with Crippen molar-refractivity contribution >= 4 is 17.6 Å². The minimum absolute atomic E-state index is 0.0372. The number of aromatic nitrogens is 2. The largest absolute Gasteiger partial charge is 0.467 e. The van der Waals surface area contributed by atoms with Gasteiger partial charge in [0, 0.05) is 17.9 Å². The third kappa shape index (κ3) is 8.34. The van der Waals surface area contributed by atoms with E-state index < -0.39 is 0 Å². The van der Waals surface area contributed by atoms with Crippen molar-refractivity contribution in [2.45, 2.75) is 91.5 Å². The SMILES string of the molecule is CCCCCCCCC(=O)N(CC(=O)Nc1cc(C(C)(C)C)nn1-c1ccccc1C)Cc1ccco1. The van der Waals surface area contributed by atoms with Gasteiger partial charge in [0.1, 0.15) is 18.1 Å². The molecule has 0 radical (unpaired) electrons. The quantitative estimate of drug-likeness (QED) is 0.259. The van der Waals surface area contributed by atoms with Gasteiger partial charge in [0.05, 0.1) is 24.2 Å². The molecule has 1 aromatic carbocycles. The molecule has 0 unspecified atom stereocenters. The zero-order valence-electron chi connectivity index (χ0n) is 23.0. The predicted molar refractivity (Wildman–Crippen MR) is 148 cm³/mol. The number of hydrogen-bond acceptors (Lipinski definition) is 4. The van der Waals surface area contributed by atoms with E-state index in [4.69, 9.17) is 9.52 Å². The number of unbranched alkanes of at least 4 members (excludes halogenated alkanes) is 5. The third-order valence-corrected chi connectivity index (χ3v) is 6.45. The van der Waals surface area contributed by atoms with Gasteiger partial charge in [0.2, 0.25) is 11.8 Å². The molecule has 2 aromatic heterocycles. The van der Waals surface area contributed by atoms with Gasteiger partial charge in [-0.1, -0.05) is 78.0 Å². The molecule has 3 aromatic rings. The van der Waals surface area contributed by atoms with Crippen molar-refractivity contribution in [1.29, 1.82) is 0 Å². The van der Waals surface area contributed by atoms with Crippen LogP contribution < -0.4 is 5.32 Å². The van der Waals surface area contributed by atoms with Crippen LogP contribution in [0.1, 0.15) is 89.7 Å². The van der Waals surface area contributed by atoms with Gasteiger partial charge in [-0.2, -0.15) is 5.10 Å². The normalized spacial score (nSPS) is 11.5. The lowest BCUT2D eigenvalue weighted by Gasteiger charge is -2.21. The van der Waals surface area contributed by atoms with Gasteiger partial charge in [-0.05, 0) is 37.1 Å². The molecule has 0 atom stereocenters. The van der Waals surface area contributed by atoms with E-state index in [0.717, 1.165) is 36.2 Å². The molecular weight excluding hydrogens is 464 g/mol. The standard InChI is InChI=1S/C30H42N4O3/c1-6-7-8-9-10-11-18-29(36)33(21-24-16-14-19-37-24)22-28(35)31-27-20-26(30(3,4)5)32-34(27)25-17-13-12-15-23(25)2/h12-17,19-20H,6-11,18,21-22H2,1-5H3,(H,31,35). The fraction of sp³-hybridized carbons (Fsp3) is 0.500. The molecule has 0 aliphatic heterocycles. The molecule has 0 saturated carbocycles. The zero-order valence-corrected chi connectivity index (χ0v) is 23.0. The van der Waals surface area contributed by atoms with Gasteiger partial charge in [0.15, 0.2) is 0 Å². The van der Waals surface area contributed by atoms with Crippen LogP contribution in [0.4, 0.5) is 5.82 Å². The number of furan rings is 1. The van der Waals surface area contributed by atoms with Crippen molar-refractivity contribution in [3.8, 4) is 5.69 Å². The van der Waals surface area contributed by atoms with E-state index >= 15 is 0 Å². The second-order valence-corrected chi connectivity index (χ2v) is 10.8. The molecule has 200 valence electrons. The summed E-state index contributed by atoms with van der Waals surface area (Å²) in [4.78, 5) is 27.9. The van der Waals surface area contributed by atoms with Crippen LogP contribution in [0.25, 0.3) is 5.69 Å². The van der Waals surface area contributed by atoms with E-state index in [9.17, 15) is 9.59 Å². The summed E-state index contributed by atoms with van der Waals surface area (Å²) in [5, 5.41) is 7.84. The van der Waals surface area contributed by atoms with Gasteiger partial charge in [-0.25, -0.2) is 4.68 Å². The minimum atomic E-state index is -0.266. The van der Waals surface area contributed by atoms with Gasteiger partial charge < -0.3 is 14.6 Å². The average molecular weight is 507 g/mol. The molecule has 0 saturated heterocycles. The number of rotatable bonds is 13. The minimum Gasteiger partial charge on any atom is -0.467 e. The van der Waals surface area contributed by atoms with Gasteiger partial charge >= 0.3 is 0 Å². The Morgan fingerprint density at radius 3 is 2.43 bits per heavy atom. The molecule has 7 nitrogen and oxygen atoms in total. The lowest BCUT2D eigenvalue weighted by molar-refractivity contribution is -0.135. The maximum Gasteiger partial charge on any atom is 0.245 e. The number of carbonyl (C=O) groups is 2. The Balaban J connectivity index is 1.74. The number of aryl methyl sites for hydroxylation is 1. The van der Waals surface area contributed by atoms with Crippen LogP contribution in [0.2, 0.25) is 0 Å². The van der Waals surface area contributed by atoms with E-state index in [1.165, 1.54) is 19.3 Å². The summed E-state index contributed by atoms with van der Waals surface area (Å²) in [5.41, 5.74) is 2.64. The van der Waals surface area contributed by atoms with Gasteiger partial charge in [-0.3, -0.25) is 9.59 Å². The molecule has 3 rings (SSSR count). The first-order chi connectivity index (χ1) is 17.7. The Morgan fingerprint density at radius 1 is 1.03 bits per heavy atom. The molecule has 37 heavy (non-hydrogen) atoms. The van der Waals surface area contributed by atoms with E-state index in [1.807, 2.05) is 43.3 Å². The summed E-state index contributed by atoms with van der Waals surface area (Å²) in [7, 11) is 0. The number of benzene rings is 1. The Kier molecular flexibility index (Phi) is 10.1. The molecule has 0 spiro atoms. The molecular formula is C30H42N4O3. The molecule has 2 amide bonds. The van der Waals surface area contributed by atoms with Crippen molar-refractivity contribution < 1.29 is 14.0 Å². The lowest BCUT2D eigenvalue weighted by atomic mass is 9.92. The van der Waals surface area contributed by atoms with Gasteiger partial charge in [-0.15, -0.1) is 0 Å². The molecule has 7 heteroatoms. The summed E-state index contributed by atoms with van der Waals surface area (Å²) in [5.74, 6) is 0.942. The van der Waals surface area contributed by atoms with E-state index in [-0.39, 0.29) is 30.3 Å². The molecule has 0 aliphatic carbocycles. The van der Waals surface area contributed by atoms with Crippen molar-refractivity contribution in [3.05, 3.63) is 65.7 Å². The van der Waals surface area contributed by atoms with Crippen molar-refractivity contribution in [2.24, 2.45) is 0 Å². The van der Waals surface area contributed by atoms with Gasteiger partial charge in [0.25, 0.3) is 0 Å². The fourth-order valence-electron chi connectivity index (χ4n) is 4.21. The number of amides is 2. The third-order valence-electron chi connectivity index (χ3n) is 6.45. The van der Waals surface area contributed by atoms with Crippen molar-refractivity contribution in [2.75, 3.05) is 11.9 Å². The Hall–Kier alpha value is -3.35. The average Bonchev–Trinajstić information content (AvgIpc) is 3.51. The number of nitrogens with one attached hydrogen (secondary N) is 1. The predicted octanol–water partition coefficient (Wildman–Crippen LogP) is 6.79. The maximum atomic E-state index is 13.3. The lowest BCUT2D eigenvalue weighted by Crippen LogP contribution is -2.37. The van der Waals surface area contributed by atoms with Crippen molar-refractivity contribution in [3.63, 3.8) is 0 Å². The summed E-state index contributed by atoms with van der Waals surface area (Å²) in [6.45, 7) is 10.7. The molecule has 1 N–H and O–H groups in total. The maximum absolute atomic E-state index is 13.3. The van der Waals surface area contributed by atoms with Crippen LogP contribution >= 0.6 is 0 Å². The van der Waals surface area contributed by atoms with E-state index in [1.54, 1.807) is 21.9 Å². The molecule has 0 bridgehead atoms. The van der Waals surface area contributed by atoms with Crippen LogP contribution in [0.15, 0.2) is 53.1 Å². The fourth-order valence-corrected chi connectivity index (χ4v) is 4.21. The summed E-state index contributed by atoms with van der Waals surface area (Å²) in [6.07, 6.45) is 8.63. The second kappa shape index (κ2) is 13.3. The highest BCUT2D eigenvalue weighted by atomic mass is 16.3. The first-order valence-electron chi connectivity index (χ1n) is 13.5. The zero-order chi connectivity index (χ0) is 26.8. The topological polar surface area (TPSA) is 80.4 Å². The molecule has 0 aliphatic rings. The van der Waals surface area contributed by atoms with Crippen molar-refractivity contribution in [1.82, 2.24) is 14.7 Å². The monoisotopic (exact) mass is 506 g/mol. The second-order valence-electron chi connectivity index (χ2n) is 10.8. The van der Waals surface area contributed by atoms with Crippen LogP contribution in [0, 0.1) is 6.92 Å². The number of para-hydroxylation sites is 1. The first-order valence-corrected chi connectivity index (χ1v) is 13.5. The summed E-state index contributed by atoms with van der Waals surface area (Å²) < 4.78 is 7.26. The smallest absolute Gasteiger partial charge is 0.245 e. The summed E-state index contributed by atoms with van der Waals surface area (Å²) >= 11 is 0. The highest BCUT2D eigenvalue weighted by Crippen LogP contribution is 2.27. The Labute approximate surface area is 221 Å². The highest BCUT2D eigenvalue weighted by molar-refractivity contribution is 5.94. The van der Waals surface area contributed by atoms with Crippen LogP contribution in [-0.2, 0) is 21.5 Å². The molecule has 2 heterocycles. The van der Waals surface area contributed by atoms with Crippen LogP contribution in [0.3, 0.4) is 0 Å². The Bertz CT molecular complexity index is 1140. The summed E-state index contributed by atoms with van der Waals surface area (Å²) in [6, 6.07) is 13.5. The highest BCUT2D eigenvalue weighted by Gasteiger charge is 2.24. The Morgan fingerprint density at radius 2 is 1.76 bits per heavy atom. The van der Waals surface area contributed by atoms with E-state index in [2.05, 4.69) is 33.0 Å². The molecule has 0 fully saturated rings. The number of hydrogen-bond donors (Lipinski definition) is 1. The van der Waals surface area contributed by atoms with E-state index in [0.29, 0.717) is 18.0 Å². The first kappa shape index (κ1) is 28.2. The van der Waals surface area contributed by atoms with Crippen LogP contribution in [0.5, 0.6) is 0 Å². The van der Waals surface area contributed by atoms with Crippen LogP contribution in [-0.4, -0.2) is 33.0 Å².